The molecular formula is C29H39NO2. The molecule has 0 aromatic carbocycles. The number of hydrogen-bond acceptors (Lipinski definition) is 2. The Morgan fingerprint density at radius 2 is 1.69 bits per heavy atom. The number of rotatable bonds is 5. The molecule has 0 bridgehead atoms. The summed E-state index contributed by atoms with van der Waals surface area (Å²) in [5, 5.41) is 13.1. The van der Waals surface area contributed by atoms with Crippen molar-refractivity contribution in [2.75, 3.05) is 0 Å². The second kappa shape index (κ2) is 17.7. The zero-order valence-electron chi connectivity index (χ0n) is 19.8. The highest BCUT2D eigenvalue weighted by molar-refractivity contribution is 5.88. The van der Waals surface area contributed by atoms with Gasteiger partial charge in [-0.2, -0.15) is 0 Å². The fourth-order valence-corrected chi connectivity index (χ4v) is 2.85. The average Bonchev–Trinajstić information content (AvgIpc) is 2.77. The lowest BCUT2D eigenvalue weighted by molar-refractivity contribution is -0.117. The van der Waals surface area contributed by atoms with Gasteiger partial charge >= 0.3 is 0 Å². The number of hydrogen-bond donors (Lipinski definition) is 2. The Morgan fingerprint density at radius 3 is 2.50 bits per heavy atom. The van der Waals surface area contributed by atoms with E-state index in [1.807, 2.05) is 62.5 Å². The van der Waals surface area contributed by atoms with Gasteiger partial charge in [0.2, 0.25) is 5.91 Å². The van der Waals surface area contributed by atoms with Crippen molar-refractivity contribution in [2.45, 2.75) is 65.0 Å². The topological polar surface area (TPSA) is 49.3 Å². The molecule has 1 amide bonds. The van der Waals surface area contributed by atoms with E-state index in [-0.39, 0.29) is 11.9 Å². The second-order valence-corrected chi connectivity index (χ2v) is 7.87. The molecular weight excluding hydrogens is 394 g/mol. The lowest BCUT2D eigenvalue weighted by Gasteiger charge is -2.14. The lowest BCUT2D eigenvalue weighted by atomic mass is 10.1. The van der Waals surface area contributed by atoms with Gasteiger partial charge in [0.05, 0.1) is 6.10 Å². The fourth-order valence-electron chi connectivity index (χ4n) is 2.85. The van der Waals surface area contributed by atoms with Crippen molar-refractivity contribution in [1.29, 1.82) is 0 Å². The summed E-state index contributed by atoms with van der Waals surface area (Å²) < 4.78 is 0. The molecule has 0 saturated heterocycles. The molecule has 0 fully saturated rings. The maximum absolute atomic E-state index is 12.4. The Morgan fingerprint density at radius 1 is 0.969 bits per heavy atom. The van der Waals surface area contributed by atoms with Crippen LogP contribution in [0.2, 0.25) is 0 Å². The summed E-state index contributed by atoms with van der Waals surface area (Å²) in [6, 6.07) is 0.0316. The first-order valence-electron chi connectivity index (χ1n) is 11.5. The standard InChI is InChI=1S/C29H39NO2/c1-4-5-6-7-8-9-19-27-20-13-10-16-25(2)17-11-14-21-28(31)24-23-26(3)18-12-15-22-29(32)30-27/h6-18,21-23,27-28,31H,4-5,19-20,24H2,1-3H3,(H,30,32)/b7-6+,9-8+,13-10-,17-11+,18-12+,21-14+,22-15+,25-16+,26-23+/t27?,28-/m0/s1. The third-order valence-corrected chi connectivity index (χ3v) is 4.72. The summed E-state index contributed by atoms with van der Waals surface area (Å²) in [4.78, 5) is 12.4. The molecule has 0 saturated carbocycles. The van der Waals surface area contributed by atoms with Gasteiger partial charge in [-0.15, -0.1) is 0 Å². The number of carbonyl (C=O) groups is 1. The van der Waals surface area contributed by atoms with E-state index in [0.717, 1.165) is 36.8 Å². The van der Waals surface area contributed by atoms with Crippen LogP contribution in [0.1, 0.15) is 52.9 Å². The Bertz CT molecular complexity index is 816. The Balaban J connectivity index is 2.93. The molecule has 0 aliphatic carbocycles. The molecule has 0 spiro atoms. The van der Waals surface area contributed by atoms with Gasteiger partial charge in [-0.1, -0.05) is 116 Å². The Kier molecular flexibility index (Phi) is 15.0. The number of aliphatic hydroxyl groups is 1. The minimum atomic E-state index is -0.521. The number of aliphatic hydroxyl groups excluding tert-OH is 1. The summed E-state index contributed by atoms with van der Waals surface area (Å²) in [5.74, 6) is -0.103. The molecule has 1 aliphatic rings. The van der Waals surface area contributed by atoms with Gasteiger partial charge in [-0.25, -0.2) is 0 Å². The molecule has 32 heavy (non-hydrogen) atoms. The molecule has 1 aliphatic heterocycles. The number of amides is 1. The van der Waals surface area contributed by atoms with Crippen molar-refractivity contribution in [3.8, 4) is 0 Å². The van der Waals surface area contributed by atoms with Crippen LogP contribution in [0.4, 0.5) is 0 Å². The third kappa shape index (κ3) is 15.0. The minimum Gasteiger partial charge on any atom is -0.389 e. The second-order valence-electron chi connectivity index (χ2n) is 7.87. The summed E-state index contributed by atoms with van der Waals surface area (Å²) in [6.07, 6.45) is 34.9. The minimum absolute atomic E-state index is 0.0316. The normalized spacial score (nSPS) is 29.9. The van der Waals surface area contributed by atoms with Crippen LogP contribution < -0.4 is 5.32 Å². The van der Waals surface area contributed by atoms with Crippen molar-refractivity contribution in [3.63, 3.8) is 0 Å². The molecule has 1 heterocycles. The first-order valence-corrected chi connectivity index (χ1v) is 11.5. The predicted octanol–water partition coefficient (Wildman–Crippen LogP) is 6.60. The Hall–Kier alpha value is -2.91. The van der Waals surface area contributed by atoms with E-state index < -0.39 is 6.10 Å². The molecule has 2 N–H and O–H groups in total. The lowest BCUT2D eigenvalue weighted by Crippen LogP contribution is -2.32. The van der Waals surface area contributed by atoms with Crippen LogP contribution in [-0.4, -0.2) is 23.2 Å². The molecule has 0 aromatic heterocycles. The summed E-state index contributed by atoms with van der Waals surface area (Å²) >= 11 is 0. The maximum atomic E-state index is 12.4. The highest BCUT2D eigenvalue weighted by Crippen LogP contribution is 2.06. The van der Waals surface area contributed by atoms with E-state index in [2.05, 4.69) is 42.6 Å². The maximum Gasteiger partial charge on any atom is 0.244 e. The molecule has 2 atom stereocenters. The van der Waals surface area contributed by atoms with E-state index in [1.54, 1.807) is 18.2 Å². The van der Waals surface area contributed by atoms with Crippen LogP contribution in [0, 0.1) is 0 Å². The van der Waals surface area contributed by atoms with Crippen molar-refractivity contribution in [3.05, 3.63) is 108 Å². The summed E-state index contributed by atoms with van der Waals surface area (Å²) in [5.41, 5.74) is 2.15. The van der Waals surface area contributed by atoms with Crippen LogP contribution in [0.3, 0.4) is 0 Å². The molecule has 1 rings (SSSR count). The van der Waals surface area contributed by atoms with Gasteiger partial charge in [0.1, 0.15) is 0 Å². The number of unbranched alkanes of at least 4 members (excludes halogenated alkanes) is 1. The number of allylic oxidation sites excluding steroid dienone is 13. The van der Waals surface area contributed by atoms with E-state index in [0.29, 0.717) is 6.42 Å². The SMILES string of the molecule is CCC/C=C/C=C/CC1C\C=C/C=C(C)/C=C/C=C/[C@H](O)C/C=C(C)/C=C/C=C/C(=O)N1. The van der Waals surface area contributed by atoms with Crippen LogP contribution in [0.25, 0.3) is 0 Å². The third-order valence-electron chi connectivity index (χ3n) is 4.72. The number of nitrogens with one attached hydrogen (secondary N) is 1. The van der Waals surface area contributed by atoms with E-state index in [9.17, 15) is 9.90 Å². The monoisotopic (exact) mass is 433 g/mol. The average molecular weight is 434 g/mol. The zero-order chi connectivity index (χ0) is 23.4. The van der Waals surface area contributed by atoms with Gasteiger partial charge in [-0.3, -0.25) is 4.79 Å². The zero-order valence-corrected chi connectivity index (χ0v) is 19.8. The van der Waals surface area contributed by atoms with Crippen molar-refractivity contribution >= 4 is 5.91 Å². The van der Waals surface area contributed by atoms with Gasteiger partial charge in [0.15, 0.2) is 0 Å². The molecule has 3 heteroatoms. The van der Waals surface area contributed by atoms with Gasteiger partial charge in [-0.05, 0) is 39.5 Å². The highest BCUT2D eigenvalue weighted by Gasteiger charge is 2.07. The van der Waals surface area contributed by atoms with Crippen molar-refractivity contribution in [2.24, 2.45) is 0 Å². The predicted molar refractivity (Wildman–Crippen MR) is 138 cm³/mol. The first kappa shape index (κ1) is 27.1. The van der Waals surface area contributed by atoms with Gasteiger partial charge < -0.3 is 10.4 Å². The molecule has 1 unspecified atom stereocenters. The molecule has 0 aromatic rings. The van der Waals surface area contributed by atoms with E-state index in [1.165, 1.54) is 0 Å². The van der Waals surface area contributed by atoms with E-state index >= 15 is 0 Å². The molecule has 3 nitrogen and oxygen atoms in total. The van der Waals surface area contributed by atoms with Crippen LogP contribution in [-0.2, 0) is 4.79 Å². The summed E-state index contributed by atoms with van der Waals surface area (Å²) in [7, 11) is 0. The number of carbonyl (C=O) groups excluding carboxylic acids is 1. The van der Waals surface area contributed by atoms with Gasteiger partial charge in [0, 0.05) is 12.1 Å². The quantitative estimate of drug-likeness (QED) is 0.480. The van der Waals surface area contributed by atoms with E-state index in [4.69, 9.17) is 0 Å². The van der Waals surface area contributed by atoms with Crippen LogP contribution >= 0.6 is 0 Å². The van der Waals surface area contributed by atoms with Crippen molar-refractivity contribution in [1.82, 2.24) is 5.32 Å². The fraction of sp³-hybridized carbons (Fsp3) is 0.345. The van der Waals surface area contributed by atoms with Crippen LogP contribution in [0.5, 0.6) is 0 Å². The van der Waals surface area contributed by atoms with Gasteiger partial charge in [0.25, 0.3) is 0 Å². The largest absolute Gasteiger partial charge is 0.389 e. The molecule has 0 radical (unpaired) electrons. The molecule has 172 valence electrons. The highest BCUT2D eigenvalue weighted by atomic mass is 16.3. The Labute approximate surface area is 194 Å². The van der Waals surface area contributed by atoms with Crippen molar-refractivity contribution < 1.29 is 9.90 Å². The smallest absolute Gasteiger partial charge is 0.244 e. The van der Waals surface area contributed by atoms with Crippen LogP contribution in [0.15, 0.2) is 108 Å². The first-order chi connectivity index (χ1) is 15.5. The summed E-state index contributed by atoms with van der Waals surface area (Å²) in [6.45, 7) is 6.17.